The Kier molecular flexibility index (Phi) is 4.57. The number of ether oxygens (including phenoxy) is 1. The molecule has 0 aliphatic carbocycles. The number of rotatable bonds is 4. The van der Waals surface area contributed by atoms with Gasteiger partial charge in [0.15, 0.2) is 6.61 Å². The molecule has 10 heteroatoms. The maximum absolute atomic E-state index is 12.0. The maximum atomic E-state index is 12.0. The SMILES string of the molecule is Cc1cc(C)n2nc(C(=O)OCC(=O)Nc3ccc(Cl)cn3)nc2n1. The van der Waals surface area contributed by atoms with E-state index in [4.69, 9.17) is 16.3 Å². The van der Waals surface area contributed by atoms with Crippen molar-refractivity contribution < 1.29 is 14.3 Å². The van der Waals surface area contributed by atoms with Gasteiger partial charge < -0.3 is 10.1 Å². The first-order valence-electron chi connectivity index (χ1n) is 7.22. The number of nitrogens with zero attached hydrogens (tertiary/aromatic N) is 5. The molecular formula is C15H13ClN6O3. The van der Waals surface area contributed by atoms with Crippen LogP contribution in [0.3, 0.4) is 0 Å². The van der Waals surface area contributed by atoms with E-state index < -0.39 is 18.5 Å². The van der Waals surface area contributed by atoms with Crippen LogP contribution < -0.4 is 5.32 Å². The number of halogens is 1. The van der Waals surface area contributed by atoms with Crippen LogP contribution in [0.5, 0.6) is 0 Å². The third-order valence-corrected chi connectivity index (χ3v) is 3.35. The number of hydrogen-bond acceptors (Lipinski definition) is 7. The predicted molar refractivity (Wildman–Crippen MR) is 88.4 cm³/mol. The van der Waals surface area contributed by atoms with Crippen LogP contribution in [0.2, 0.25) is 5.02 Å². The summed E-state index contributed by atoms with van der Waals surface area (Å²) in [5, 5.41) is 6.96. The number of nitrogens with one attached hydrogen (secondary N) is 1. The van der Waals surface area contributed by atoms with Crippen molar-refractivity contribution in [1.82, 2.24) is 24.6 Å². The zero-order valence-electron chi connectivity index (χ0n) is 13.4. The summed E-state index contributed by atoms with van der Waals surface area (Å²) in [6.07, 6.45) is 1.39. The van der Waals surface area contributed by atoms with Crippen molar-refractivity contribution in [3.8, 4) is 0 Å². The summed E-state index contributed by atoms with van der Waals surface area (Å²) in [7, 11) is 0. The van der Waals surface area contributed by atoms with Gasteiger partial charge in [-0.3, -0.25) is 4.79 Å². The molecule has 3 heterocycles. The lowest BCUT2D eigenvalue weighted by molar-refractivity contribution is -0.119. The molecule has 0 saturated heterocycles. The number of carbonyl (C=O) groups is 2. The van der Waals surface area contributed by atoms with E-state index in [-0.39, 0.29) is 5.82 Å². The molecule has 3 rings (SSSR count). The lowest BCUT2D eigenvalue weighted by Crippen LogP contribution is -2.21. The number of esters is 1. The fourth-order valence-corrected chi connectivity index (χ4v) is 2.19. The first kappa shape index (κ1) is 16.8. The van der Waals surface area contributed by atoms with Crippen LogP contribution in [0.15, 0.2) is 24.4 Å². The zero-order chi connectivity index (χ0) is 18.0. The minimum absolute atomic E-state index is 0.168. The molecule has 1 amide bonds. The monoisotopic (exact) mass is 360 g/mol. The topological polar surface area (TPSA) is 111 Å². The lowest BCUT2D eigenvalue weighted by atomic mass is 10.4. The quantitative estimate of drug-likeness (QED) is 0.703. The van der Waals surface area contributed by atoms with E-state index in [1.54, 1.807) is 6.07 Å². The number of aromatic nitrogens is 5. The molecule has 0 aromatic carbocycles. The molecule has 1 N–H and O–H groups in total. The van der Waals surface area contributed by atoms with Gasteiger partial charge in [0.1, 0.15) is 5.82 Å². The fraction of sp³-hybridized carbons (Fsp3) is 0.200. The van der Waals surface area contributed by atoms with Crippen molar-refractivity contribution in [2.24, 2.45) is 0 Å². The minimum atomic E-state index is -0.818. The van der Waals surface area contributed by atoms with Gasteiger partial charge in [-0.2, -0.15) is 4.98 Å². The molecule has 0 aliphatic rings. The normalized spacial score (nSPS) is 10.7. The summed E-state index contributed by atoms with van der Waals surface area (Å²) < 4.78 is 6.35. The van der Waals surface area contributed by atoms with E-state index >= 15 is 0 Å². The van der Waals surface area contributed by atoms with E-state index in [2.05, 4.69) is 25.4 Å². The van der Waals surface area contributed by atoms with E-state index in [1.165, 1.54) is 16.8 Å². The Morgan fingerprint density at radius 1 is 1.28 bits per heavy atom. The van der Waals surface area contributed by atoms with E-state index in [0.717, 1.165) is 11.4 Å². The van der Waals surface area contributed by atoms with Gasteiger partial charge in [-0.05, 0) is 32.0 Å². The van der Waals surface area contributed by atoms with Gasteiger partial charge in [0.25, 0.3) is 17.5 Å². The molecule has 25 heavy (non-hydrogen) atoms. The van der Waals surface area contributed by atoms with Gasteiger partial charge in [0.05, 0.1) is 5.02 Å². The number of anilines is 1. The van der Waals surface area contributed by atoms with E-state index in [0.29, 0.717) is 16.6 Å². The van der Waals surface area contributed by atoms with Crippen molar-refractivity contribution in [2.75, 3.05) is 11.9 Å². The van der Waals surface area contributed by atoms with Crippen LogP contribution in [0.25, 0.3) is 5.78 Å². The Labute approximate surface area is 147 Å². The van der Waals surface area contributed by atoms with Crippen LogP contribution in [0.1, 0.15) is 22.0 Å². The first-order valence-corrected chi connectivity index (χ1v) is 7.60. The number of pyridine rings is 1. The predicted octanol–water partition coefficient (Wildman–Crippen LogP) is 1.59. The van der Waals surface area contributed by atoms with Gasteiger partial charge in [0.2, 0.25) is 0 Å². The van der Waals surface area contributed by atoms with Crippen LogP contribution in [0.4, 0.5) is 5.82 Å². The number of fused-ring (bicyclic) bond motifs is 1. The number of amides is 1. The average molecular weight is 361 g/mol. The molecule has 9 nitrogen and oxygen atoms in total. The molecule has 0 atom stereocenters. The number of aryl methyl sites for hydroxylation is 2. The summed E-state index contributed by atoms with van der Waals surface area (Å²) in [6, 6.07) is 4.92. The summed E-state index contributed by atoms with van der Waals surface area (Å²) in [4.78, 5) is 35.9. The van der Waals surface area contributed by atoms with Crippen LogP contribution in [0, 0.1) is 13.8 Å². The highest BCUT2D eigenvalue weighted by molar-refractivity contribution is 6.30. The summed E-state index contributed by atoms with van der Waals surface area (Å²) in [5.74, 6) is -0.941. The molecule has 0 unspecified atom stereocenters. The Balaban J connectivity index is 1.63. The molecule has 0 fully saturated rings. The second-order valence-electron chi connectivity index (χ2n) is 5.17. The Bertz CT molecular complexity index is 954. The Hall–Kier alpha value is -3.07. The molecular weight excluding hydrogens is 348 g/mol. The lowest BCUT2D eigenvalue weighted by Gasteiger charge is -2.04. The third-order valence-electron chi connectivity index (χ3n) is 3.13. The highest BCUT2D eigenvalue weighted by atomic mass is 35.5. The molecule has 0 spiro atoms. The van der Waals surface area contributed by atoms with Crippen molar-refractivity contribution in [3.63, 3.8) is 0 Å². The van der Waals surface area contributed by atoms with Gasteiger partial charge in [-0.1, -0.05) is 11.6 Å². The fourth-order valence-electron chi connectivity index (χ4n) is 2.08. The van der Waals surface area contributed by atoms with Crippen molar-refractivity contribution in [2.45, 2.75) is 13.8 Å². The molecule has 0 aliphatic heterocycles. The average Bonchev–Trinajstić information content (AvgIpc) is 2.99. The van der Waals surface area contributed by atoms with Crippen molar-refractivity contribution in [3.05, 3.63) is 46.6 Å². The molecule has 0 radical (unpaired) electrons. The second-order valence-corrected chi connectivity index (χ2v) is 5.61. The molecule has 3 aromatic rings. The number of carbonyl (C=O) groups excluding carboxylic acids is 2. The van der Waals surface area contributed by atoms with Gasteiger partial charge in [-0.25, -0.2) is 19.3 Å². The molecule has 128 valence electrons. The summed E-state index contributed by atoms with van der Waals surface area (Å²) in [6.45, 7) is 3.14. The molecule has 3 aromatic heterocycles. The highest BCUT2D eigenvalue weighted by Crippen LogP contribution is 2.09. The second kappa shape index (κ2) is 6.81. The largest absolute Gasteiger partial charge is 0.450 e. The number of hydrogen-bond donors (Lipinski definition) is 1. The van der Waals surface area contributed by atoms with Gasteiger partial charge >= 0.3 is 5.97 Å². The summed E-state index contributed by atoms with van der Waals surface area (Å²) >= 11 is 5.71. The smallest absolute Gasteiger partial charge is 0.378 e. The van der Waals surface area contributed by atoms with E-state index in [1.807, 2.05) is 19.9 Å². The standard InChI is InChI=1S/C15H13ClN6O3/c1-8-5-9(2)22-15(18-8)20-13(21-22)14(24)25-7-12(23)19-11-4-3-10(16)6-17-11/h3-6H,7H2,1-2H3,(H,17,19,23). The van der Waals surface area contributed by atoms with Gasteiger partial charge in [-0.15, -0.1) is 5.10 Å². The summed E-state index contributed by atoms with van der Waals surface area (Å²) in [5.41, 5.74) is 1.53. The highest BCUT2D eigenvalue weighted by Gasteiger charge is 2.17. The Morgan fingerprint density at radius 2 is 2.08 bits per heavy atom. The zero-order valence-corrected chi connectivity index (χ0v) is 14.1. The minimum Gasteiger partial charge on any atom is -0.450 e. The van der Waals surface area contributed by atoms with Crippen molar-refractivity contribution >= 4 is 35.1 Å². The molecule has 0 saturated carbocycles. The van der Waals surface area contributed by atoms with Crippen molar-refractivity contribution in [1.29, 1.82) is 0 Å². The molecule has 0 bridgehead atoms. The third kappa shape index (κ3) is 3.89. The van der Waals surface area contributed by atoms with Gasteiger partial charge in [0, 0.05) is 17.6 Å². The Morgan fingerprint density at radius 3 is 2.80 bits per heavy atom. The first-order chi connectivity index (χ1) is 11.9. The maximum Gasteiger partial charge on any atom is 0.378 e. The van der Waals surface area contributed by atoms with Crippen LogP contribution in [-0.4, -0.2) is 43.0 Å². The van der Waals surface area contributed by atoms with Crippen LogP contribution in [-0.2, 0) is 9.53 Å². The van der Waals surface area contributed by atoms with E-state index in [9.17, 15) is 9.59 Å². The van der Waals surface area contributed by atoms with Crippen LogP contribution >= 0.6 is 11.6 Å².